The van der Waals surface area contributed by atoms with Crippen LogP contribution in [-0.2, 0) is 0 Å². The predicted octanol–water partition coefficient (Wildman–Crippen LogP) is 3.10. The highest BCUT2D eigenvalue weighted by Crippen LogP contribution is 2.36. The van der Waals surface area contributed by atoms with Crippen LogP contribution in [0, 0.1) is 13.8 Å². The zero-order chi connectivity index (χ0) is 15.6. The number of rotatable bonds is 5. The van der Waals surface area contributed by atoms with E-state index in [1.165, 1.54) is 13.8 Å². The van der Waals surface area contributed by atoms with Crippen molar-refractivity contribution in [2.75, 3.05) is 18.5 Å². The van der Waals surface area contributed by atoms with E-state index in [0.717, 1.165) is 0 Å². The van der Waals surface area contributed by atoms with Gasteiger partial charge in [0.15, 0.2) is 6.61 Å². The fourth-order valence-electron chi connectivity index (χ4n) is 1.32. The number of aromatic nitrogens is 2. The van der Waals surface area contributed by atoms with Gasteiger partial charge in [0, 0.05) is 6.54 Å². The van der Waals surface area contributed by atoms with Gasteiger partial charge in [0.05, 0.1) is 5.56 Å². The Morgan fingerprint density at radius 2 is 1.70 bits per heavy atom. The lowest BCUT2D eigenvalue weighted by Gasteiger charge is -2.20. The molecule has 114 valence electrons. The summed E-state index contributed by atoms with van der Waals surface area (Å²) in [5.41, 5.74) is 0.274. The molecule has 0 aliphatic carbocycles. The highest BCUT2D eigenvalue weighted by Gasteiger charge is 2.58. The Morgan fingerprint density at radius 1 is 1.10 bits per heavy atom. The van der Waals surface area contributed by atoms with Gasteiger partial charge < -0.3 is 10.1 Å². The number of hydrogen-bond donors (Lipinski definition) is 1. The SMILES string of the molecule is CCNc1nc(C)nc(OCC(F)(F)C(F)(F)F)c1C. The van der Waals surface area contributed by atoms with Gasteiger partial charge in [-0.25, -0.2) is 4.98 Å². The molecule has 1 aromatic heterocycles. The van der Waals surface area contributed by atoms with Crippen molar-refractivity contribution in [3.8, 4) is 5.88 Å². The maximum Gasteiger partial charge on any atom is 0.456 e. The van der Waals surface area contributed by atoms with Crippen LogP contribution in [-0.4, -0.2) is 35.2 Å². The third kappa shape index (κ3) is 3.67. The number of aryl methyl sites for hydroxylation is 1. The molecule has 0 aromatic carbocycles. The Hall–Kier alpha value is -1.67. The summed E-state index contributed by atoms with van der Waals surface area (Å²) >= 11 is 0. The van der Waals surface area contributed by atoms with Gasteiger partial charge in [0.25, 0.3) is 0 Å². The average Bonchev–Trinajstić information content (AvgIpc) is 2.30. The van der Waals surface area contributed by atoms with Crippen LogP contribution in [0.5, 0.6) is 5.88 Å². The molecule has 1 heterocycles. The van der Waals surface area contributed by atoms with Gasteiger partial charge in [-0.2, -0.15) is 26.9 Å². The van der Waals surface area contributed by atoms with Crippen LogP contribution in [0.15, 0.2) is 0 Å². The van der Waals surface area contributed by atoms with E-state index in [1.54, 1.807) is 6.92 Å². The van der Waals surface area contributed by atoms with Crippen LogP contribution in [0.3, 0.4) is 0 Å². The Bertz CT molecular complexity index is 476. The maximum atomic E-state index is 12.8. The van der Waals surface area contributed by atoms with Crippen LogP contribution in [0.2, 0.25) is 0 Å². The van der Waals surface area contributed by atoms with Crippen LogP contribution in [0.4, 0.5) is 27.8 Å². The molecular weight excluding hydrogens is 285 g/mol. The second-order valence-corrected chi connectivity index (χ2v) is 4.07. The van der Waals surface area contributed by atoms with Crippen molar-refractivity contribution in [3.05, 3.63) is 11.4 Å². The minimum Gasteiger partial charge on any atom is -0.471 e. The quantitative estimate of drug-likeness (QED) is 0.849. The third-order valence-corrected chi connectivity index (χ3v) is 2.36. The fraction of sp³-hybridized carbons (Fsp3) is 0.636. The molecule has 9 heteroatoms. The first-order valence-corrected chi connectivity index (χ1v) is 5.75. The van der Waals surface area contributed by atoms with E-state index in [4.69, 9.17) is 0 Å². The summed E-state index contributed by atoms with van der Waals surface area (Å²) in [6, 6.07) is 0. The minimum atomic E-state index is -5.66. The maximum absolute atomic E-state index is 12.8. The molecular formula is C11H14F5N3O. The first-order chi connectivity index (χ1) is 9.08. The van der Waals surface area contributed by atoms with Crippen LogP contribution < -0.4 is 10.1 Å². The van der Waals surface area contributed by atoms with Gasteiger partial charge in [0.1, 0.15) is 11.6 Å². The lowest BCUT2D eigenvalue weighted by atomic mass is 10.3. The molecule has 0 atom stereocenters. The minimum absolute atomic E-state index is 0.205. The van der Waals surface area contributed by atoms with Crippen LogP contribution >= 0.6 is 0 Å². The van der Waals surface area contributed by atoms with Crippen molar-refractivity contribution in [3.63, 3.8) is 0 Å². The number of anilines is 1. The zero-order valence-electron chi connectivity index (χ0n) is 11.1. The molecule has 0 spiro atoms. The largest absolute Gasteiger partial charge is 0.471 e. The van der Waals surface area contributed by atoms with Gasteiger partial charge in [-0.1, -0.05) is 0 Å². The summed E-state index contributed by atoms with van der Waals surface area (Å²) in [7, 11) is 0. The second-order valence-electron chi connectivity index (χ2n) is 4.07. The normalized spacial score (nSPS) is 12.4. The first kappa shape index (κ1) is 16.4. The molecule has 0 bridgehead atoms. The number of hydrogen-bond acceptors (Lipinski definition) is 4. The summed E-state index contributed by atoms with van der Waals surface area (Å²) in [4.78, 5) is 7.73. The molecule has 0 unspecified atom stereocenters. The topological polar surface area (TPSA) is 47.0 Å². The first-order valence-electron chi connectivity index (χ1n) is 5.75. The standard InChI is InChI=1S/C11H14F5N3O/c1-4-17-8-6(2)9(19-7(3)18-8)20-5-10(12,13)11(14,15)16/h4-5H2,1-3H3,(H,17,18,19). The van der Waals surface area contributed by atoms with Gasteiger partial charge in [-0.05, 0) is 20.8 Å². The molecule has 0 amide bonds. The molecule has 0 radical (unpaired) electrons. The molecule has 1 aromatic rings. The van der Waals surface area contributed by atoms with E-state index in [-0.39, 0.29) is 17.3 Å². The highest BCUT2D eigenvalue weighted by atomic mass is 19.4. The molecule has 1 N–H and O–H groups in total. The van der Waals surface area contributed by atoms with Crippen molar-refractivity contribution in [2.24, 2.45) is 0 Å². The highest BCUT2D eigenvalue weighted by molar-refractivity contribution is 5.48. The monoisotopic (exact) mass is 299 g/mol. The number of ether oxygens (including phenoxy) is 1. The Balaban J connectivity index is 2.93. The van der Waals surface area contributed by atoms with Gasteiger partial charge in [-0.15, -0.1) is 0 Å². The predicted molar refractivity (Wildman–Crippen MR) is 62.2 cm³/mol. The molecule has 20 heavy (non-hydrogen) atoms. The Kier molecular flexibility index (Phi) is 4.72. The van der Waals surface area contributed by atoms with Crippen LogP contribution in [0.1, 0.15) is 18.3 Å². The van der Waals surface area contributed by atoms with E-state index in [9.17, 15) is 22.0 Å². The van der Waals surface area contributed by atoms with Gasteiger partial charge >= 0.3 is 12.1 Å². The molecule has 1 rings (SSSR count). The van der Waals surface area contributed by atoms with Gasteiger partial charge in [-0.3, -0.25) is 0 Å². The average molecular weight is 299 g/mol. The van der Waals surface area contributed by atoms with E-state index < -0.39 is 18.7 Å². The summed E-state index contributed by atoms with van der Waals surface area (Å²) in [6.07, 6.45) is -5.66. The second kappa shape index (κ2) is 5.76. The summed E-state index contributed by atoms with van der Waals surface area (Å²) in [5, 5.41) is 2.84. The molecule has 4 nitrogen and oxygen atoms in total. The molecule has 0 fully saturated rings. The third-order valence-electron chi connectivity index (χ3n) is 2.36. The number of nitrogens with one attached hydrogen (secondary N) is 1. The smallest absolute Gasteiger partial charge is 0.456 e. The van der Waals surface area contributed by atoms with E-state index in [2.05, 4.69) is 20.0 Å². The van der Waals surface area contributed by atoms with Crippen molar-refractivity contribution in [1.29, 1.82) is 0 Å². The number of halogens is 5. The lowest BCUT2D eigenvalue weighted by molar-refractivity contribution is -0.290. The Labute approximate surface area is 112 Å². The molecule has 0 aliphatic heterocycles. The van der Waals surface area contributed by atoms with E-state index in [0.29, 0.717) is 12.4 Å². The fourth-order valence-corrected chi connectivity index (χ4v) is 1.32. The number of nitrogens with zero attached hydrogens (tertiary/aromatic N) is 2. The van der Waals surface area contributed by atoms with Crippen molar-refractivity contribution >= 4 is 5.82 Å². The Morgan fingerprint density at radius 3 is 2.20 bits per heavy atom. The van der Waals surface area contributed by atoms with Gasteiger partial charge in [0.2, 0.25) is 5.88 Å². The summed E-state index contributed by atoms with van der Waals surface area (Å²) in [5.74, 6) is -4.68. The summed E-state index contributed by atoms with van der Waals surface area (Å²) < 4.78 is 66.2. The van der Waals surface area contributed by atoms with Crippen LogP contribution in [0.25, 0.3) is 0 Å². The molecule has 0 saturated carbocycles. The van der Waals surface area contributed by atoms with Crippen molar-refractivity contribution in [1.82, 2.24) is 9.97 Å². The van der Waals surface area contributed by atoms with Crippen molar-refractivity contribution in [2.45, 2.75) is 32.9 Å². The van der Waals surface area contributed by atoms with E-state index in [1.807, 2.05) is 0 Å². The zero-order valence-corrected chi connectivity index (χ0v) is 11.1. The molecule has 0 aliphatic rings. The summed E-state index contributed by atoms with van der Waals surface area (Å²) in [6.45, 7) is 3.43. The van der Waals surface area contributed by atoms with E-state index >= 15 is 0 Å². The van der Waals surface area contributed by atoms with Crippen molar-refractivity contribution < 1.29 is 26.7 Å². The lowest BCUT2D eigenvalue weighted by Crippen LogP contribution is -2.42. The number of alkyl halides is 5. The molecule has 0 saturated heterocycles.